The Morgan fingerprint density at radius 3 is 2.39 bits per heavy atom. The van der Waals surface area contributed by atoms with Crippen molar-refractivity contribution >= 4 is 10.0 Å². The summed E-state index contributed by atoms with van der Waals surface area (Å²) in [4.78, 5) is 0. The van der Waals surface area contributed by atoms with Gasteiger partial charge in [0.1, 0.15) is 5.82 Å². The quantitative estimate of drug-likeness (QED) is 0.803. The zero-order chi connectivity index (χ0) is 16.7. The minimum Gasteiger partial charge on any atom is -0.215 e. The molecule has 0 saturated carbocycles. The number of nitrogens with one attached hydrogen (secondary N) is 1. The van der Waals surface area contributed by atoms with E-state index < -0.39 is 10.0 Å². The van der Waals surface area contributed by atoms with E-state index in [1.165, 1.54) is 11.6 Å². The molecule has 2 aromatic rings. The minimum atomic E-state index is -3.39. The van der Waals surface area contributed by atoms with Crippen LogP contribution in [0.15, 0.2) is 54.6 Å². The van der Waals surface area contributed by atoms with Crippen LogP contribution < -0.4 is 4.72 Å². The highest BCUT2D eigenvalue weighted by Gasteiger charge is 2.13. The van der Waals surface area contributed by atoms with Crippen molar-refractivity contribution in [3.63, 3.8) is 0 Å². The van der Waals surface area contributed by atoms with E-state index in [1.54, 1.807) is 18.2 Å². The second-order valence-electron chi connectivity index (χ2n) is 5.66. The Morgan fingerprint density at radius 2 is 1.70 bits per heavy atom. The fourth-order valence-corrected chi connectivity index (χ4v) is 3.46. The van der Waals surface area contributed by atoms with E-state index in [0.29, 0.717) is 12.1 Å². The summed E-state index contributed by atoms with van der Waals surface area (Å²) in [5, 5.41) is 0. The predicted octanol–water partition coefficient (Wildman–Crippen LogP) is 3.48. The van der Waals surface area contributed by atoms with Crippen molar-refractivity contribution in [2.75, 3.05) is 12.3 Å². The molecule has 0 saturated heterocycles. The molecule has 0 aliphatic carbocycles. The molecular formula is C18H22FNO2S. The number of sulfonamides is 1. The Balaban J connectivity index is 1.79. The fraction of sp³-hybridized carbons (Fsp3) is 0.333. The first-order chi connectivity index (χ1) is 11.0. The summed E-state index contributed by atoms with van der Waals surface area (Å²) >= 11 is 0. The average molecular weight is 335 g/mol. The van der Waals surface area contributed by atoms with Gasteiger partial charge in [-0.15, -0.1) is 0 Å². The summed E-state index contributed by atoms with van der Waals surface area (Å²) < 4.78 is 40.1. The summed E-state index contributed by atoms with van der Waals surface area (Å²) in [5.74, 6) is -0.181. The van der Waals surface area contributed by atoms with Crippen LogP contribution in [0.5, 0.6) is 0 Å². The lowest BCUT2D eigenvalue weighted by Gasteiger charge is -2.12. The van der Waals surface area contributed by atoms with Crippen molar-refractivity contribution in [1.29, 1.82) is 0 Å². The highest BCUT2D eigenvalue weighted by Crippen LogP contribution is 2.17. The maximum atomic E-state index is 13.5. The van der Waals surface area contributed by atoms with Gasteiger partial charge in [0.15, 0.2) is 0 Å². The predicted molar refractivity (Wildman–Crippen MR) is 91.4 cm³/mol. The Hall–Kier alpha value is -1.72. The molecule has 23 heavy (non-hydrogen) atoms. The molecule has 1 N–H and O–H groups in total. The van der Waals surface area contributed by atoms with E-state index in [1.807, 2.05) is 30.3 Å². The zero-order valence-electron chi connectivity index (χ0n) is 13.2. The maximum absolute atomic E-state index is 13.5. The van der Waals surface area contributed by atoms with Gasteiger partial charge in [0, 0.05) is 6.54 Å². The molecule has 2 aromatic carbocycles. The third-order valence-electron chi connectivity index (χ3n) is 3.87. The highest BCUT2D eigenvalue weighted by molar-refractivity contribution is 7.89. The van der Waals surface area contributed by atoms with Crippen LogP contribution in [-0.4, -0.2) is 20.7 Å². The van der Waals surface area contributed by atoms with Gasteiger partial charge in [0.2, 0.25) is 10.0 Å². The smallest absolute Gasteiger partial charge is 0.211 e. The first kappa shape index (κ1) is 17.6. The first-order valence-corrected chi connectivity index (χ1v) is 9.39. The Morgan fingerprint density at radius 1 is 1.04 bits per heavy atom. The van der Waals surface area contributed by atoms with Crippen LogP contribution in [0.1, 0.15) is 30.4 Å². The second-order valence-corrected chi connectivity index (χ2v) is 7.58. The average Bonchev–Trinajstić information content (AvgIpc) is 2.55. The lowest BCUT2D eigenvalue weighted by atomic mass is 9.98. The molecule has 0 aromatic heterocycles. The van der Waals surface area contributed by atoms with Gasteiger partial charge in [-0.05, 0) is 36.0 Å². The number of halogens is 1. The van der Waals surface area contributed by atoms with Gasteiger partial charge in [-0.2, -0.15) is 0 Å². The van der Waals surface area contributed by atoms with Crippen LogP contribution in [-0.2, 0) is 16.4 Å². The van der Waals surface area contributed by atoms with Gasteiger partial charge in [-0.25, -0.2) is 17.5 Å². The van der Waals surface area contributed by atoms with E-state index in [9.17, 15) is 12.8 Å². The summed E-state index contributed by atoms with van der Waals surface area (Å²) in [5.41, 5.74) is 1.62. The number of hydrogen-bond donors (Lipinski definition) is 1. The third kappa shape index (κ3) is 5.77. The standard InChI is InChI=1S/C18H22FNO2S/c1-15(16-7-3-2-4-8-16)11-13-20-23(21,22)14-12-17-9-5-6-10-18(17)19/h2-10,15,20H,11-14H2,1H3. The normalized spacial score (nSPS) is 13.0. The summed E-state index contributed by atoms with van der Waals surface area (Å²) in [6.07, 6.45) is 0.902. The largest absolute Gasteiger partial charge is 0.215 e. The van der Waals surface area contributed by atoms with E-state index >= 15 is 0 Å². The van der Waals surface area contributed by atoms with Crippen molar-refractivity contribution in [1.82, 2.24) is 4.72 Å². The molecule has 1 atom stereocenters. The molecule has 5 heteroatoms. The second kappa shape index (κ2) is 8.22. The number of benzene rings is 2. The van der Waals surface area contributed by atoms with Gasteiger partial charge in [0.25, 0.3) is 0 Å². The van der Waals surface area contributed by atoms with Crippen molar-refractivity contribution in [3.8, 4) is 0 Å². The summed E-state index contributed by atoms with van der Waals surface area (Å²) in [6, 6.07) is 16.3. The number of hydrogen-bond acceptors (Lipinski definition) is 2. The van der Waals surface area contributed by atoms with E-state index in [-0.39, 0.29) is 23.9 Å². The molecular weight excluding hydrogens is 313 g/mol. The van der Waals surface area contributed by atoms with Crippen LogP contribution in [0.25, 0.3) is 0 Å². The van der Waals surface area contributed by atoms with Gasteiger partial charge in [-0.1, -0.05) is 55.5 Å². The molecule has 124 valence electrons. The van der Waals surface area contributed by atoms with Gasteiger partial charge >= 0.3 is 0 Å². The van der Waals surface area contributed by atoms with Crippen LogP contribution in [0.4, 0.5) is 4.39 Å². The Labute approximate surface area is 137 Å². The van der Waals surface area contributed by atoms with E-state index in [2.05, 4.69) is 11.6 Å². The van der Waals surface area contributed by atoms with Crippen LogP contribution in [0.2, 0.25) is 0 Å². The van der Waals surface area contributed by atoms with Gasteiger partial charge in [0.05, 0.1) is 5.75 Å². The molecule has 0 aliphatic heterocycles. The van der Waals surface area contributed by atoms with E-state index in [0.717, 1.165) is 6.42 Å². The number of aryl methyl sites for hydroxylation is 1. The van der Waals surface area contributed by atoms with Crippen molar-refractivity contribution in [2.24, 2.45) is 0 Å². The van der Waals surface area contributed by atoms with E-state index in [4.69, 9.17) is 0 Å². The number of rotatable bonds is 8. The molecule has 0 amide bonds. The molecule has 3 nitrogen and oxygen atoms in total. The van der Waals surface area contributed by atoms with Crippen molar-refractivity contribution in [3.05, 3.63) is 71.5 Å². The zero-order valence-corrected chi connectivity index (χ0v) is 14.0. The highest BCUT2D eigenvalue weighted by atomic mass is 32.2. The van der Waals surface area contributed by atoms with Gasteiger partial charge in [-0.3, -0.25) is 0 Å². The van der Waals surface area contributed by atoms with Crippen LogP contribution in [0, 0.1) is 5.82 Å². The van der Waals surface area contributed by atoms with Crippen molar-refractivity contribution in [2.45, 2.75) is 25.7 Å². The Bertz CT molecular complexity index is 717. The molecule has 0 bridgehead atoms. The monoisotopic (exact) mass is 335 g/mol. The summed E-state index contributed by atoms with van der Waals surface area (Å²) in [6.45, 7) is 2.46. The lowest BCUT2D eigenvalue weighted by molar-refractivity contribution is 0.570. The molecule has 0 heterocycles. The maximum Gasteiger partial charge on any atom is 0.211 e. The summed E-state index contributed by atoms with van der Waals surface area (Å²) in [7, 11) is -3.39. The minimum absolute atomic E-state index is 0.104. The fourth-order valence-electron chi connectivity index (χ4n) is 2.40. The van der Waals surface area contributed by atoms with Crippen LogP contribution in [0.3, 0.4) is 0 Å². The van der Waals surface area contributed by atoms with Crippen LogP contribution >= 0.6 is 0 Å². The first-order valence-electron chi connectivity index (χ1n) is 7.73. The molecule has 0 radical (unpaired) electrons. The topological polar surface area (TPSA) is 46.2 Å². The SMILES string of the molecule is CC(CCNS(=O)(=O)CCc1ccccc1F)c1ccccc1. The van der Waals surface area contributed by atoms with Gasteiger partial charge < -0.3 is 0 Å². The lowest BCUT2D eigenvalue weighted by Crippen LogP contribution is -2.29. The molecule has 2 rings (SSSR count). The Kier molecular flexibility index (Phi) is 6.30. The molecule has 0 aliphatic rings. The molecule has 1 unspecified atom stereocenters. The third-order valence-corrected chi connectivity index (χ3v) is 5.25. The molecule has 0 spiro atoms. The molecule has 0 fully saturated rings. The van der Waals surface area contributed by atoms with Crippen molar-refractivity contribution < 1.29 is 12.8 Å².